The number of hydrogen-bond donors (Lipinski definition) is 2. The van der Waals surface area contributed by atoms with Crippen molar-refractivity contribution in [3.8, 4) is 0 Å². The number of nitrogens with one attached hydrogen (secondary N) is 2. The van der Waals surface area contributed by atoms with Gasteiger partial charge in [0.1, 0.15) is 5.69 Å². The van der Waals surface area contributed by atoms with Gasteiger partial charge in [-0.1, -0.05) is 0 Å². The van der Waals surface area contributed by atoms with E-state index in [-0.39, 0.29) is 17.9 Å². The fourth-order valence-corrected chi connectivity index (χ4v) is 1.77. The van der Waals surface area contributed by atoms with Crippen molar-refractivity contribution in [3.05, 3.63) is 18.2 Å². The van der Waals surface area contributed by atoms with Crippen LogP contribution in [0.1, 0.15) is 23.3 Å². The summed E-state index contributed by atoms with van der Waals surface area (Å²) in [5.41, 5.74) is 0.444. The lowest BCUT2D eigenvalue weighted by molar-refractivity contribution is -0.132. The molecule has 6 nitrogen and oxygen atoms in total. The van der Waals surface area contributed by atoms with Gasteiger partial charge in [-0.2, -0.15) is 0 Å². The molecule has 2 N–H and O–H groups in total. The zero-order valence-electron chi connectivity index (χ0n) is 9.06. The largest absolute Gasteiger partial charge is 0.346 e. The lowest BCUT2D eigenvalue weighted by Gasteiger charge is -2.29. The summed E-state index contributed by atoms with van der Waals surface area (Å²) < 4.78 is 0. The van der Waals surface area contributed by atoms with Crippen molar-refractivity contribution in [1.82, 2.24) is 20.2 Å². The second-order valence-corrected chi connectivity index (χ2v) is 3.95. The van der Waals surface area contributed by atoms with Gasteiger partial charge in [-0.15, -0.1) is 0 Å². The highest BCUT2D eigenvalue weighted by atomic mass is 16.2. The Balaban J connectivity index is 1.91. The van der Waals surface area contributed by atoms with Crippen molar-refractivity contribution in [2.45, 2.75) is 18.9 Å². The molecule has 1 atom stereocenters. The first-order valence-electron chi connectivity index (χ1n) is 5.20. The zero-order chi connectivity index (χ0) is 11.5. The molecule has 2 heterocycles. The average molecular weight is 222 g/mol. The number of nitrogens with zero attached hydrogens (tertiary/aromatic N) is 2. The van der Waals surface area contributed by atoms with Gasteiger partial charge < -0.3 is 15.2 Å². The molecular weight excluding hydrogens is 208 g/mol. The van der Waals surface area contributed by atoms with Crippen molar-refractivity contribution in [3.63, 3.8) is 0 Å². The molecule has 16 heavy (non-hydrogen) atoms. The molecule has 6 heteroatoms. The van der Waals surface area contributed by atoms with Crippen LogP contribution in [0.15, 0.2) is 12.5 Å². The molecule has 0 unspecified atom stereocenters. The van der Waals surface area contributed by atoms with E-state index in [1.807, 2.05) is 0 Å². The third-order valence-electron chi connectivity index (χ3n) is 2.70. The number of hydrogen-bond acceptors (Lipinski definition) is 3. The highest BCUT2D eigenvalue weighted by Crippen LogP contribution is 2.09. The zero-order valence-corrected chi connectivity index (χ0v) is 9.06. The van der Waals surface area contributed by atoms with Crippen LogP contribution in [-0.2, 0) is 4.79 Å². The smallest absolute Gasteiger partial charge is 0.269 e. The Hall–Kier alpha value is -1.85. The fraction of sp³-hybridized carbons (Fsp3) is 0.500. The summed E-state index contributed by atoms with van der Waals surface area (Å²) in [6, 6.07) is 0.0264. The van der Waals surface area contributed by atoms with E-state index >= 15 is 0 Å². The van der Waals surface area contributed by atoms with Crippen LogP contribution in [0.3, 0.4) is 0 Å². The van der Waals surface area contributed by atoms with E-state index in [0.29, 0.717) is 25.1 Å². The molecule has 2 amide bonds. The summed E-state index contributed by atoms with van der Waals surface area (Å²) in [6.07, 6.45) is 4.13. The van der Waals surface area contributed by atoms with Crippen molar-refractivity contribution >= 4 is 11.8 Å². The number of rotatable bonds is 2. The van der Waals surface area contributed by atoms with Crippen LogP contribution >= 0.6 is 0 Å². The number of aromatic nitrogens is 2. The molecule has 0 aliphatic carbocycles. The van der Waals surface area contributed by atoms with Crippen LogP contribution in [0.5, 0.6) is 0 Å². The SMILES string of the molecule is CN1C[C@H](NC(=O)c2cnc[nH]2)CCC1=O. The molecule has 1 aliphatic rings. The van der Waals surface area contributed by atoms with Crippen molar-refractivity contribution in [2.24, 2.45) is 0 Å². The van der Waals surface area contributed by atoms with E-state index in [1.165, 1.54) is 12.5 Å². The molecule has 0 saturated carbocycles. The minimum absolute atomic E-state index is 0.0264. The Morgan fingerprint density at radius 2 is 2.50 bits per heavy atom. The van der Waals surface area contributed by atoms with Gasteiger partial charge in [0.25, 0.3) is 5.91 Å². The molecule has 1 saturated heterocycles. The first-order valence-corrected chi connectivity index (χ1v) is 5.20. The Morgan fingerprint density at radius 3 is 3.12 bits per heavy atom. The van der Waals surface area contributed by atoms with E-state index in [9.17, 15) is 9.59 Å². The Morgan fingerprint density at radius 1 is 1.69 bits per heavy atom. The van der Waals surface area contributed by atoms with Crippen LogP contribution in [0.4, 0.5) is 0 Å². The van der Waals surface area contributed by atoms with Crippen LogP contribution in [0.25, 0.3) is 0 Å². The summed E-state index contributed by atoms with van der Waals surface area (Å²) in [5.74, 6) is -0.0442. The number of carbonyl (C=O) groups is 2. The minimum atomic E-state index is -0.176. The van der Waals surface area contributed by atoms with Crippen molar-refractivity contribution in [1.29, 1.82) is 0 Å². The van der Waals surface area contributed by atoms with Crippen LogP contribution in [0.2, 0.25) is 0 Å². The van der Waals surface area contributed by atoms with Crippen LogP contribution in [0, 0.1) is 0 Å². The maximum absolute atomic E-state index is 11.7. The molecule has 1 aromatic heterocycles. The third-order valence-corrected chi connectivity index (χ3v) is 2.70. The molecule has 0 bridgehead atoms. The molecule has 0 aromatic carbocycles. The number of H-pyrrole nitrogens is 1. The molecule has 0 spiro atoms. The highest BCUT2D eigenvalue weighted by Gasteiger charge is 2.24. The Kier molecular flexibility index (Phi) is 2.89. The first kappa shape index (κ1) is 10.7. The molecule has 86 valence electrons. The molecule has 1 aromatic rings. The number of likely N-dealkylation sites (tertiary alicyclic amines) is 1. The van der Waals surface area contributed by atoms with Gasteiger partial charge in [-0.05, 0) is 6.42 Å². The third kappa shape index (κ3) is 2.21. The topological polar surface area (TPSA) is 78.1 Å². The molecule has 2 rings (SSSR count). The van der Waals surface area contributed by atoms with Crippen molar-refractivity contribution in [2.75, 3.05) is 13.6 Å². The summed E-state index contributed by atoms with van der Waals surface area (Å²) in [7, 11) is 1.75. The van der Waals surface area contributed by atoms with Gasteiger partial charge in [0.05, 0.1) is 12.5 Å². The lowest BCUT2D eigenvalue weighted by Crippen LogP contribution is -2.48. The van der Waals surface area contributed by atoms with Gasteiger partial charge in [0.15, 0.2) is 0 Å². The number of carbonyl (C=O) groups excluding carboxylic acids is 2. The number of amides is 2. The minimum Gasteiger partial charge on any atom is -0.346 e. The first-order chi connectivity index (χ1) is 7.66. The van der Waals surface area contributed by atoms with Gasteiger partial charge in [0.2, 0.25) is 5.91 Å². The van der Waals surface area contributed by atoms with E-state index in [0.717, 1.165) is 0 Å². The van der Waals surface area contributed by atoms with Crippen LogP contribution < -0.4 is 5.32 Å². The van der Waals surface area contributed by atoms with Crippen molar-refractivity contribution < 1.29 is 9.59 Å². The summed E-state index contributed by atoms with van der Waals surface area (Å²) >= 11 is 0. The van der Waals surface area contributed by atoms with E-state index in [2.05, 4.69) is 15.3 Å². The quantitative estimate of drug-likeness (QED) is 0.725. The van der Waals surface area contributed by atoms with E-state index in [1.54, 1.807) is 11.9 Å². The number of aromatic amines is 1. The fourth-order valence-electron chi connectivity index (χ4n) is 1.77. The molecular formula is C10H14N4O2. The predicted octanol–water partition coefficient (Wildman–Crippen LogP) is -0.240. The highest BCUT2D eigenvalue weighted by molar-refractivity contribution is 5.92. The number of likely N-dealkylation sites (N-methyl/N-ethyl adjacent to an activating group) is 1. The van der Waals surface area contributed by atoms with Gasteiger partial charge in [-0.25, -0.2) is 4.98 Å². The molecule has 0 radical (unpaired) electrons. The maximum atomic E-state index is 11.7. The standard InChI is InChI=1S/C10H14N4O2/c1-14-5-7(2-3-9(14)15)13-10(16)8-4-11-6-12-8/h4,6-7H,2-3,5H2,1H3,(H,11,12)(H,13,16)/t7-/m1/s1. The summed E-state index contributed by atoms with van der Waals surface area (Å²) in [5, 5.41) is 2.87. The maximum Gasteiger partial charge on any atom is 0.269 e. The lowest BCUT2D eigenvalue weighted by atomic mass is 10.1. The number of imidazole rings is 1. The molecule has 1 fully saturated rings. The second kappa shape index (κ2) is 4.34. The summed E-state index contributed by atoms with van der Waals surface area (Å²) in [4.78, 5) is 31.1. The van der Waals surface area contributed by atoms with Crippen LogP contribution in [-0.4, -0.2) is 46.3 Å². The van der Waals surface area contributed by atoms with Gasteiger partial charge in [-0.3, -0.25) is 9.59 Å². The Labute approximate surface area is 93.0 Å². The van der Waals surface area contributed by atoms with E-state index < -0.39 is 0 Å². The van der Waals surface area contributed by atoms with Gasteiger partial charge in [0, 0.05) is 26.1 Å². The monoisotopic (exact) mass is 222 g/mol. The normalized spacial score (nSPS) is 20.9. The predicted molar refractivity (Wildman–Crippen MR) is 56.7 cm³/mol. The average Bonchev–Trinajstić information content (AvgIpc) is 2.77. The summed E-state index contributed by atoms with van der Waals surface area (Å²) in [6.45, 7) is 0.568. The second-order valence-electron chi connectivity index (χ2n) is 3.95. The molecule has 1 aliphatic heterocycles. The van der Waals surface area contributed by atoms with Gasteiger partial charge >= 0.3 is 0 Å². The number of piperidine rings is 1. The Bertz CT molecular complexity index is 388. The van der Waals surface area contributed by atoms with E-state index in [4.69, 9.17) is 0 Å².